The summed E-state index contributed by atoms with van der Waals surface area (Å²) in [5.74, 6) is 0.872. The van der Waals surface area contributed by atoms with Crippen molar-refractivity contribution in [3.8, 4) is 11.4 Å². The molecule has 5 nitrogen and oxygen atoms in total. The van der Waals surface area contributed by atoms with Gasteiger partial charge in [-0.15, -0.1) is 0 Å². The smallest absolute Gasteiger partial charge is 0.119 e. The van der Waals surface area contributed by atoms with Crippen molar-refractivity contribution < 1.29 is 9.84 Å². The van der Waals surface area contributed by atoms with Gasteiger partial charge in [0.05, 0.1) is 25.6 Å². The summed E-state index contributed by atoms with van der Waals surface area (Å²) in [6, 6.07) is 18.4. The van der Waals surface area contributed by atoms with Crippen LogP contribution in [-0.4, -0.2) is 46.6 Å². The second kappa shape index (κ2) is 8.80. The van der Waals surface area contributed by atoms with Crippen LogP contribution in [0.4, 0.5) is 0 Å². The number of likely N-dealkylation sites (tertiary alicyclic amines) is 1. The molecule has 0 aliphatic carbocycles. The van der Waals surface area contributed by atoms with Crippen LogP contribution in [-0.2, 0) is 13.0 Å². The van der Waals surface area contributed by atoms with E-state index in [1.54, 1.807) is 7.11 Å². The maximum atomic E-state index is 10.3. The van der Waals surface area contributed by atoms with Gasteiger partial charge in [0.2, 0.25) is 0 Å². The molecule has 152 valence electrons. The highest BCUT2D eigenvalue weighted by Crippen LogP contribution is 2.34. The van der Waals surface area contributed by atoms with Crippen LogP contribution in [0.3, 0.4) is 0 Å². The van der Waals surface area contributed by atoms with Gasteiger partial charge in [-0.2, -0.15) is 5.10 Å². The zero-order chi connectivity index (χ0) is 20.1. The average Bonchev–Trinajstić information content (AvgIpc) is 3.23. The number of aliphatic hydroxyl groups excluding tert-OH is 1. The fraction of sp³-hybridized carbons (Fsp3) is 0.375. The Balaban J connectivity index is 1.45. The number of benzene rings is 2. The van der Waals surface area contributed by atoms with E-state index in [4.69, 9.17) is 4.74 Å². The second-order valence-electron chi connectivity index (χ2n) is 8.13. The largest absolute Gasteiger partial charge is 0.497 e. The first-order valence-corrected chi connectivity index (χ1v) is 10.2. The van der Waals surface area contributed by atoms with Gasteiger partial charge in [0.1, 0.15) is 5.75 Å². The first-order chi connectivity index (χ1) is 14.2. The number of para-hydroxylation sites is 1. The van der Waals surface area contributed by atoms with Gasteiger partial charge in [-0.25, -0.2) is 4.68 Å². The van der Waals surface area contributed by atoms with Crippen molar-refractivity contribution in [2.24, 2.45) is 5.41 Å². The molecule has 4 rings (SSSR count). The lowest BCUT2D eigenvalue weighted by molar-refractivity contribution is 0.0288. The highest BCUT2D eigenvalue weighted by Gasteiger charge is 2.35. The first-order valence-electron chi connectivity index (χ1n) is 10.2. The van der Waals surface area contributed by atoms with Crippen LogP contribution in [0.25, 0.3) is 5.69 Å². The third-order valence-electron chi connectivity index (χ3n) is 5.85. The van der Waals surface area contributed by atoms with Crippen LogP contribution in [0.1, 0.15) is 24.0 Å². The molecule has 29 heavy (non-hydrogen) atoms. The topological polar surface area (TPSA) is 50.5 Å². The number of ether oxygens (including phenoxy) is 1. The number of methoxy groups -OCH3 is 1. The third-order valence-corrected chi connectivity index (χ3v) is 5.85. The molecule has 3 aromatic rings. The predicted octanol–water partition coefficient (Wildman–Crippen LogP) is 3.70. The van der Waals surface area contributed by atoms with E-state index in [2.05, 4.69) is 40.5 Å². The molecule has 5 heteroatoms. The molecule has 1 aromatic heterocycles. The number of aliphatic hydroxyl groups is 1. The summed E-state index contributed by atoms with van der Waals surface area (Å²) in [5, 5.41) is 14.8. The lowest BCUT2D eigenvalue weighted by Crippen LogP contribution is -2.46. The molecule has 1 fully saturated rings. The summed E-state index contributed by atoms with van der Waals surface area (Å²) in [4.78, 5) is 2.45. The average molecular weight is 392 g/mol. The fourth-order valence-corrected chi connectivity index (χ4v) is 4.41. The van der Waals surface area contributed by atoms with E-state index < -0.39 is 0 Å². The summed E-state index contributed by atoms with van der Waals surface area (Å²) in [6.45, 7) is 2.99. The Labute approximate surface area is 172 Å². The minimum atomic E-state index is -0.111. The Morgan fingerprint density at radius 3 is 2.76 bits per heavy atom. The lowest BCUT2D eigenvalue weighted by Gasteiger charge is -2.42. The molecule has 0 radical (unpaired) electrons. The minimum absolute atomic E-state index is 0.111. The zero-order valence-electron chi connectivity index (χ0n) is 17.0. The van der Waals surface area contributed by atoms with Crippen LogP contribution < -0.4 is 4.74 Å². The van der Waals surface area contributed by atoms with Crippen molar-refractivity contribution >= 4 is 0 Å². The molecule has 0 saturated carbocycles. The molecule has 0 amide bonds. The minimum Gasteiger partial charge on any atom is -0.497 e. The number of rotatable bonds is 7. The van der Waals surface area contributed by atoms with Crippen molar-refractivity contribution in [2.45, 2.75) is 25.8 Å². The Morgan fingerprint density at radius 1 is 1.10 bits per heavy atom. The molecule has 1 aliphatic rings. The molecule has 1 saturated heterocycles. The van der Waals surface area contributed by atoms with E-state index in [1.807, 2.05) is 41.2 Å². The number of hydrogen-bond donors (Lipinski definition) is 1. The van der Waals surface area contributed by atoms with Gasteiger partial charge in [0, 0.05) is 30.3 Å². The summed E-state index contributed by atoms with van der Waals surface area (Å²) in [6.07, 6.45) is 7.05. The van der Waals surface area contributed by atoms with E-state index in [0.717, 1.165) is 50.3 Å². The van der Waals surface area contributed by atoms with Crippen molar-refractivity contribution in [3.05, 3.63) is 78.1 Å². The number of nitrogens with zero attached hydrogens (tertiary/aromatic N) is 3. The Bertz CT molecular complexity index is 925. The Hall–Kier alpha value is -2.63. The van der Waals surface area contributed by atoms with Crippen molar-refractivity contribution in [2.75, 3.05) is 26.8 Å². The van der Waals surface area contributed by atoms with Gasteiger partial charge in [0.15, 0.2) is 0 Å². The van der Waals surface area contributed by atoms with Gasteiger partial charge in [-0.3, -0.25) is 4.90 Å². The van der Waals surface area contributed by atoms with Crippen LogP contribution in [0.5, 0.6) is 5.75 Å². The van der Waals surface area contributed by atoms with Crippen LogP contribution in [0, 0.1) is 5.41 Å². The van der Waals surface area contributed by atoms with E-state index in [9.17, 15) is 5.11 Å². The maximum Gasteiger partial charge on any atom is 0.119 e. The standard InChI is InChI=1S/C24H29N3O2/c1-29-23-10-5-7-20(13-23)14-24(19-28)11-6-12-26(18-24)16-21-15-25-27(17-21)22-8-3-2-4-9-22/h2-5,7-10,13,15,17,28H,6,11-12,14,16,18-19H2,1H3/t24-/m1/s1. The van der Waals surface area contributed by atoms with E-state index in [1.165, 1.54) is 11.1 Å². The molecule has 1 atom stereocenters. The molecule has 0 bridgehead atoms. The SMILES string of the molecule is COc1cccc(C[C@]2(CO)CCCN(Cc3cnn(-c4ccccc4)c3)C2)c1. The molecule has 2 aromatic carbocycles. The first kappa shape index (κ1) is 19.7. The molecule has 2 heterocycles. The van der Waals surface area contributed by atoms with E-state index >= 15 is 0 Å². The van der Waals surface area contributed by atoms with Crippen LogP contribution >= 0.6 is 0 Å². The second-order valence-corrected chi connectivity index (χ2v) is 8.13. The molecule has 0 unspecified atom stereocenters. The highest BCUT2D eigenvalue weighted by atomic mass is 16.5. The van der Waals surface area contributed by atoms with Crippen molar-refractivity contribution in [1.82, 2.24) is 14.7 Å². The van der Waals surface area contributed by atoms with Crippen molar-refractivity contribution in [1.29, 1.82) is 0 Å². The van der Waals surface area contributed by atoms with Crippen LogP contribution in [0.15, 0.2) is 67.0 Å². The number of piperidine rings is 1. The number of hydrogen-bond acceptors (Lipinski definition) is 4. The van der Waals surface area contributed by atoms with Gasteiger partial charge < -0.3 is 9.84 Å². The number of aromatic nitrogens is 2. The molecular weight excluding hydrogens is 362 g/mol. The van der Waals surface area contributed by atoms with Gasteiger partial charge >= 0.3 is 0 Å². The molecule has 1 aliphatic heterocycles. The van der Waals surface area contributed by atoms with E-state index in [-0.39, 0.29) is 12.0 Å². The summed E-state index contributed by atoms with van der Waals surface area (Å²) < 4.78 is 7.29. The predicted molar refractivity (Wildman–Crippen MR) is 114 cm³/mol. The summed E-state index contributed by atoms with van der Waals surface area (Å²) in [7, 11) is 1.69. The molecule has 1 N–H and O–H groups in total. The fourth-order valence-electron chi connectivity index (χ4n) is 4.41. The quantitative estimate of drug-likeness (QED) is 0.667. The Morgan fingerprint density at radius 2 is 1.97 bits per heavy atom. The van der Waals surface area contributed by atoms with Gasteiger partial charge in [-0.1, -0.05) is 30.3 Å². The van der Waals surface area contributed by atoms with E-state index in [0.29, 0.717) is 0 Å². The van der Waals surface area contributed by atoms with Gasteiger partial charge in [0.25, 0.3) is 0 Å². The Kier molecular flexibility index (Phi) is 5.97. The molecule has 0 spiro atoms. The summed E-state index contributed by atoms with van der Waals surface area (Å²) >= 11 is 0. The summed E-state index contributed by atoms with van der Waals surface area (Å²) in [5.41, 5.74) is 3.38. The maximum absolute atomic E-state index is 10.3. The van der Waals surface area contributed by atoms with Gasteiger partial charge in [-0.05, 0) is 55.6 Å². The third kappa shape index (κ3) is 4.69. The van der Waals surface area contributed by atoms with Crippen molar-refractivity contribution in [3.63, 3.8) is 0 Å². The monoisotopic (exact) mass is 391 g/mol. The lowest BCUT2D eigenvalue weighted by atomic mass is 9.75. The molecular formula is C24H29N3O2. The highest BCUT2D eigenvalue weighted by molar-refractivity contribution is 5.31. The van der Waals surface area contributed by atoms with Crippen LogP contribution in [0.2, 0.25) is 0 Å². The zero-order valence-corrected chi connectivity index (χ0v) is 17.0. The normalized spacial score (nSPS) is 19.9.